The molecule has 2 aliphatic rings. The Morgan fingerprint density at radius 2 is 0.842 bits per heavy atom. The number of aliphatic hydroxyl groups is 8. The molecule has 19 heavy (non-hydrogen) atoms. The van der Waals surface area contributed by atoms with Crippen molar-refractivity contribution < 1.29 is 40.9 Å². The molecule has 2 saturated carbocycles. The lowest BCUT2D eigenvalue weighted by molar-refractivity contribution is -0.262. The first-order valence-electron chi connectivity index (χ1n) is 6.20. The van der Waals surface area contributed by atoms with Gasteiger partial charge in [0.05, 0.1) is 24.4 Å². The number of fused-ring (bicyclic) bond motifs is 1. The van der Waals surface area contributed by atoms with Crippen molar-refractivity contribution in [3.63, 3.8) is 0 Å². The molecule has 0 radical (unpaired) electrons. The normalized spacial score (nSPS) is 58.7. The molecule has 0 spiro atoms. The third-order valence-electron chi connectivity index (χ3n) is 4.52. The van der Waals surface area contributed by atoms with Gasteiger partial charge in [0.2, 0.25) is 0 Å². The van der Waals surface area contributed by atoms with E-state index in [9.17, 15) is 40.9 Å². The van der Waals surface area contributed by atoms with Crippen LogP contribution in [-0.2, 0) is 0 Å². The fourth-order valence-corrected chi connectivity index (χ4v) is 3.42. The van der Waals surface area contributed by atoms with E-state index in [1.807, 2.05) is 0 Å². The molecule has 10 atom stereocenters. The lowest BCUT2D eigenvalue weighted by atomic mass is 9.59. The maximum atomic E-state index is 9.95. The van der Waals surface area contributed by atoms with Crippen LogP contribution in [0.4, 0.5) is 0 Å². The van der Waals surface area contributed by atoms with Crippen molar-refractivity contribution in [3.05, 3.63) is 0 Å². The number of hydrogen-bond donors (Lipinski definition) is 8. The van der Waals surface area contributed by atoms with E-state index < -0.39 is 67.1 Å². The zero-order valence-electron chi connectivity index (χ0n) is 10.1. The van der Waals surface area contributed by atoms with Crippen LogP contribution in [-0.4, -0.2) is 90.2 Å². The summed E-state index contributed by atoms with van der Waals surface area (Å²) in [7, 11) is 0. The van der Waals surface area contributed by atoms with Crippen molar-refractivity contribution in [1.82, 2.24) is 0 Å². The Morgan fingerprint density at radius 3 is 1.26 bits per heavy atom. The van der Waals surface area contributed by atoms with Gasteiger partial charge in [0.1, 0.15) is 18.3 Å². The molecule has 0 bridgehead atoms. The van der Waals surface area contributed by atoms with Crippen molar-refractivity contribution in [1.29, 1.82) is 0 Å². The Labute approximate surface area is 109 Å². The highest BCUT2D eigenvalue weighted by Gasteiger charge is 2.59. The van der Waals surface area contributed by atoms with Crippen LogP contribution in [0.2, 0.25) is 0 Å². The van der Waals surface area contributed by atoms with E-state index in [0.29, 0.717) is 0 Å². The van der Waals surface area contributed by atoms with Gasteiger partial charge in [-0.3, -0.25) is 0 Å². The summed E-state index contributed by atoms with van der Waals surface area (Å²) in [6, 6.07) is 0. The average molecular weight is 280 g/mol. The maximum absolute atomic E-state index is 9.95. The van der Waals surface area contributed by atoms with E-state index in [1.54, 1.807) is 0 Å². The van der Waals surface area contributed by atoms with E-state index in [0.717, 1.165) is 0 Å². The molecule has 0 aliphatic heterocycles. The molecule has 8 N–H and O–H groups in total. The lowest BCUT2D eigenvalue weighted by Gasteiger charge is -2.54. The van der Waals surface area contributed by atoms with Gasteiger partial charge in [-0.1, -0.05) is 0 Å². The first-order chi connectivity index (χ1) is 8.82. The van der Waals surface area contributed by atoms with Crippen molar-refractivity contribution in [2.45, 2.75) is 42.7 Å². The third-order valence-corrected chi connectivity index (χ3v) is 4.52. The van der Waals surface area contributed by atoms with Gasteiger partial charge in [0.15, 0.2) is 0 Å². The monoisotopic (exact) mass is 280 g/mol. The topological polar surface area (TPSA) is 162 Å². The molecule has 0 saturated heterocycles. The molecule has 2 fully saturated rings. The molecule has 2 aliphatic carbocycles. The highest BCUT2D eigenvalue weighted by atomic mass is 16.4. The van der Waals surface area contributed by atoms with Crippen LogP contribution in [0.5, 0.6) is 0 Å². The van der Waals surface area contributed by atoms with Crippen LogP contribution >= 0.6 is 0 Å². The van der Waals surface area contributed by atoms with Crippen LogP contribution in [0.25, 0.3) is 0 Å². The highest BCUT2D eigenvalue weighted by molar-refractivity contribution is 5.08. The largest absolute Gasteiger partial charge is 0.396 e. The summed E-state index contributed by atoms with van der Waals surface area (Å²) in [6.07, 6.45) is -11.1. The highest BCUT2D eigenvalue weighted by Crippen LogP contribution is 2.44. The molecule has 0 amide bonds. The van der Waals surface area contributed by atoms with Gasteiger partial charge in [0.25, 0.3) is 0 Å². The Hall–Kier alpha value is -0.320. The van der Waals surface area contributed by atoms with Gasteiger partial charge in [-0.25, -0.2) is 0 Å². The van der Waals surface area contributed by atoms with Crippen LogP contribution in [0.15, 0.2) is 0 Å². The van der Waals surface area contributed by atoms with Crippen LogP contribution in [0.1, 0.15) is 0 Å². The van der Waals surface area contributed by atoms with E-state index in [-0.39, 0.29) is 0 Å². The summed E-state index contributed by atoms with van der Waals surface area (Å²) in [6.45, 7) is -0.599. The van der Waals surface area contributed by atoms with Gasteiger partial charge in [-0.2, -0.15) is 0 Å². The number of rotatable bonds is 1. The fraction of sp³-hybridized carbons (Fsp3) is 1.00. The lowest BCUT2D eigenvalue weighted by Crippen LogP contribution is -2.69. The average Bonchev–Trinajstić information content (AvgIpc) is 2.40. The van der Waals surface area contributed by atoms with Crippen molar-refractivity contribution in [2.24, 2.45) is 17.8 Å². The summed E-state index contributed by atoms with van der Waals surface area (Å²) in [5, 5.41) is 77.7. The van der Waals surface area contributed by atoms with Crippen molar-refractivity contribution in [3.8, 4) is 0 Å². The minimum absolute atomic E-state index is 0.599. The molecular weight excluding hydrogens is 260 g/mol. The second kappa shape index (κ2) is 5.23. The Bertz CT molecular complexity index is 322. The van der Waals surface area contributed by atoms with E-state index >= 15 is 0 Å². The Balaban J connectivity index is 2.39. The molecule has 112 valence electrons. The predicted molar refractivity (Wildman–Crippen MR) is 59.6 cm³/mol. The van der Waals surface area contributed by atoms with Gasteiger partial charge in [-0.15, -0.1) is 0 Å². The summed E-state index contributed by atoms with van der Waals surface area (Å²) in [4.78, 5) is 0. The number of hydrogen-bond acceptors (Lipinski definition) is 8. The second-order valence-electron chi connectivity index (χ2n) is 5.44. The summed E-state index contributed by atoms with van der Waals surface area (Å²) < 4.78 is 0. The minimum Gasteiger partial charge on any atom is -0.396 e. The second-order valence-corrected chi connectivity index (χ2v) is 5.44. The SMILES string of the molecule is OC[C@H]1[C@@H](O)[C@@H](O)[C@@H](O)[C@@H]2[C@H](O)[C@@H](O)[C@@H](O)[C@H](O)[C@H]12. The van der Waals surface area contributed by atoms with Gasteiger partial charge in [-0.05, 0) is 0 Å². The first kappa shape index (κ1) is 15.1. The molecule has 8 nitrogen and oxygen atoms in total. The third kappa shape index (κ3) is 2.08. The first-order valence-corrected chi connectivity index (χ1v) is 6.20. The fourth-order valence-electron chi connectivity index (χ4n) is 3.42. The molecule has 2 rings (SSSR count). The van der Waals surface area contributed by atoms with Crippen LogP contribution < -0.4 is 0 Å². The molecule has 0 heterocycles. The zero-order valence-corrected chi connectivity index (χ0v) is 10.1. The summed E-state index contributed by atoms with van der Waals surface area (Å²) in [5.74, 6) is -3.20. The summed E-state index contributed by atoms with van der Waals surface area (Å²) in [5.41, 5.74) is 0. The molecular formula is C11H20O8. The minimum atomic E-state index is -1.67. The molecule has 0 aromatic rings. The Morgan fingerprint density at radius 1 is 0.474 bits per heavy atom. The van der Waals surface area contributed by atoms with Crippen LogP contribution in [0.3, 0.4) is 0 Å². The quantitative estimate of drug-likeness (QED) is 0.238. The van der Waals surface area contributed by atoms with Gasteiger partial charge < -0.3 is 40.9 Å². The van der Waals surface area contributed by atoms with Crippen molar-refractivity contribution >= 4 is 0 Å². The molecule has 0 aromatic heterocycles. The Kier molecular flexibility index (Phi) is 4.15. The standard InChI is InChI=1S/C11H20O8/c12-1-2-3-4(7(15)9(17)5(2)13)8(16)11(19)10(18)6(3)14/h2-19H,1H2/t2-,3-,4-,5-,6-,7+,8+,9-,10+,11-/m1/s1. The van der Waals surface area contributed by atoms with Gasteiger partial charge >= 0.3 is 0 Å². The molecule has 0 aromatic carbocycles. The smallest absolute Gasteiger partial charge is 0.109 e. The predicted octanol–water partition coefficient (Wildman–Crippen LogP) is -4.62. The van der Waals surface area contributed by atoms with Crippen molar-refractivity contribution in [2.75, 3.05) is 6.61 Å². The molecule has 8 heteroatoms. The van der Waals surface area contributed by atoms with Gasteiger partial charge in [0, 0.05) is 24.4 Å². The summed E-state index contributed by atoms with van der Waals surface area (Å²) >= 11 is 0. The van der Waals surface area contributed by atoms with Crippen LogP contribution in [0, 0.1) is 17.8 Å². The van der Waals surface area contributed by atoms with E-state index in [2.05, 4.69) is 0 Å². The maximum Gasteiger partial charge on any atom is 0.109 e. The number of aliphatic hydroxyl groups excluding tert-OH is 8. The van der Waals surface area contributed by atoms with E-state index in [4.69, 9.17) is 0 Å². The zero-order chi connectivity index (χ0) is 14.5. The molecule has 0 unspecified atom stereocenters. The van der Waals surface area contributed by atoms with E-state index in [1.165, 1.54) is 0 Å².